The molecule has 0 saturated carbocycles. The number of aromatic nitrogens is 5. The fraction of sp³-hybridized carbons (Fsp3) is 0. The van der Waals surface area contributed by atoms with E-state index < -0.39 is 0 Å². The maximum Gasteiger partial charge on any atom is 0.166 e. The van der Waals surface area contributed by atoms with Gasteiger partial charge in [-0.1, -0.05) is 164 Å². The summed E-state index contributed by atoms with van der Waals surface area (Å²) in [5.41, 5.74) is 10.6. The third-order valence-corrected chi connectivity index (χ3v) is 14.1. The second-order valence-electron chi connectivity index (χ2n) is 17.9. The van der Waals surface area contributed by atoms with Crippen LogP contribution in [0.3, 0.4) is 0 Å². The van der Waals surface area contributed by atoms with E-state index in [1.165, 1.54) is 26.9 Å². The van der Waals surface area contributed by atoms with Gasteiger partial charge in [0.1, 0.15) is 11.2 Å². The first-order valence-corrected chi connectivity index (χ1v) is 23.3. The number of rotatable bonds is 5. The van der Waals surface area contributed by atoms with Gasteiger partial charge < -0.3 is 13.6 Å². The lowest BCUT2D eigenvalue weighted by atomic mass is 10.0. The Morgan fingerprint density at radius 1 is 0.304 bits per heavy atom. The van der Waals surface area contributed by atoms with Crippen LogP contribution in [0.25, 0.3) is 143 Å². The van der Waals surface area contributed by atoms with Crippen molar-refractivity contribution in [2.45, 2.75) is 0 Å². The molecule has 4 aromatic heterocycles. The van der Waals surface area contributed by atoms with Crippen molar-refractivity contribution in [3.63, 3.8) is 0 Å². The average Bonchev–Trinajstić information content (AvgIpc) is 4.07. The molecule has 0 radical (unpaired) electrons. The summed E-state index contributed by atoms with van der Waals surface area (Å²) in [5.74, 6) is 1.73. The van der Waals surface area contributed by atoms with E-state index in [0.29, 0.717) is 17.5 Å². The van der Waals surface area contributed by atoms with Crippen LogP contribution in [0.5, 0.6) is 0 Å². The third-order valence-electron chi connectivity index (χ3n) is 14.1. The molecule has 11 aromatic carbocycles. The fourth-order valence-corrected chi connectivity index (χ4v) is 11.1. The average molecular weight is 880 g/mol. The van der Waals surface area contributed by atoms with Gasteiger partial charge in [0.05, 0.1) is 27.8 Å². The summed E-state index contributed by atoms with van der Waals surface area (Å²) in [6.45, 7) is 0. The van der Waals surface area contributed by atoms with Gasteiger partial charge >= 0.3 is 0 Å². The molecule has 0 atom stereocenters. The lowest BCUT2D eigenvalue weighted by Crippen LogP contribution is -2.05. The predicted molar refractivity (Wildman–Crippen MR) is 285 cm³/mol. The van der Waals surface area contributed by atoms with Crippen molar-refractivity contribution in [3.05, 3.63) is 224 Å². The highest BCUT2D eigenvalue weighted by Gasteiger charge is 2.25. The molecule has 6 heteroatoms. The molecule has 15 aromatic rings. The summed E-state index contributed by atoms with van der Waals surface area (Å²) in [6.07, 6.45) is 0. The van der Waals surface area contributed by atoms with Gasteiger partial charge in [-0.2, -0.15) is 0 Å². The van der Waals surface area contributed by atoms with E-state index in [1.54, 1.807) is 0 Å². The van der Waals surface area contributed by atoms with Crippen molar-refractivity contribution >= 4 is 97.9 Å². The number of nitrogens with zero attached hydrogens (tertiary/aromatic N) is 5. The van der Waals surface area contributed by atoms with Gasteiger partial charge in [-0.15, -0.1) is 0 Å². The molecular formula is C63H37N5O. The van der Waals surface area contributed by atoms with Gasteiger partial charge in [-0.25, -0.2) is 15.0 Å². The first-order chi connectivity index (χ1) is 34.2. The number of benzene rings is 11. The number of hydrogen-bond donors (Lipinski definition) is 0. The van der Waals surface area contributed by atoms with Crippen LogP contribution in [0.2, 0.25) is 0 Å². The van der Waals surface area contributed by atoms with Crippen LogP contribution in [0.4, 0.5) is 0 Å². The third kappa shape index (κ3) is 5.63. The highest BCUT2D eigenvalue weighted by atomic mass is 16.3. The minimum atomic E-state index is 0.557. The molecule has 0 unspecified atom stereocenters. The summed E-state index contributed by atoms with van der Waals surface area (Å²) in [5, 5.41) is 13.6. The van der Waals surface area contributed by atoms with Crippen molar-refractivity contribution in [1.82, 2.24) is 24.1 Å². The molecule has 0 saturated heterocycles. The van der Waals surface area contributed by atoms with Crippen molar-refractivity contribution < 1.29 is 4.42 Å². The maximum atomic E-state index is 6.74. The monoisotopic (exact) mass is 879 g/mol. The molecule has 0 spiro atoms. The van der Waals surface area contributed by atoms with Crippen molar-refractivity contribution in [1.29, 1.82) is 0 Å². The van der Waals surface area contributed by atoms with E-state index in [-0.39, 0.29) is 0 Å². The maximum absolute atomic E-state index is 6.74. The zero-order valence-electron chi connectivity index (χ0n) is 37.0. The molecule has 6 nitrogen and oxygen atoms in total. The molecule has 0 aliphatic carbocycles. The van der Waals surface area contributed by atoms with E-state index in [0.717, 1.165) is 99.0 Å². The van der Waals surface area contributed by atoms with Crippen molar-refractivity contribution in [2.75, 3.05) is 0 Å². The number of hydrogen-bond acceptors (Lipinski definition) is 4. The normalized spacial score (nSPS) is 12.1. The Kier molecular flexibility index (Phi) is 7.97. The Labute approximate surface area is 394 Å². The smallest absolute Gasteiger partial charge is 0.166 e. The number of furan rings is 1. The molecule has 0 aliphatic rings. The molecule has 0 fully saturated rings. The highest BCUT2D eigenvalue weighted by Crippen LogP contribution is 2.44. The molecular weight excluding hydrogens is 843 g/mol. The van der Waals surface area contributed by atoms with Gasteiger partial charge in [-0.3, -0.25) is 0 Å². The number of fused-ring (bicyclic) bond motifs is 13. The molecule has 0 bridgehead atoms. The number of para-hydroxylation sites is 4. The Morgan fingerprint density at radius 3 is 1.72 bits per heavy atom. The lowest BCUT2D eigenvalue weighted by Gasteiger charge is -2.16. The molecule has 0 aliphatic heterocycles. The van der Waals surface area contributed by atoms with Crippen LogP contribution in [0.1, 0.15) is 0 Å². The highest BCUT2D eigenvalue weighted by molar-refractivity contribution is 6.24. The summed E-state index contributed by atoms with van der Waals surface area (Å²) >= 11 is 0. The standard InChI is InChI=1S/C63H37N5O/c1-2-21-42(22-3-1)67-53-30-12-10-25-45(53)47-27-15-29-49(60(47)67)62-64-61(48-28-14-20-38-16-6-8-23-43(38)48)65-63(66-62)52-36-50-46-26-11-13-31-57(46)69-58(50)37-56(52)68-54-33-32-39-17-7-9-24-44(39)59(54)51-34-40-18-4-5-19-41(40)35-55(51)68/h1-37H. The lowest BCUT2D eigenvalue weighted by molar-refractivity contribution is 0.668. The van der Waals surface area contributed by atoms with E-state index in [9.17, 15) is 0 Å². The Balaban J connectivity index is 1.10. The minimum Gasteiger partial charge on any atom is -0.456 e. The summed E-state index contributed by atoms with van der Waals surface area (Å²) in [7, 11) is 0. The first-order valence-electron chi connectivity index (χ1n) is 23.3. The van der Waals surface area contributed by atoms with E-state index >= 15 is 0 Å². The van der Waals surface area contributed by atoms with Crippen LogP contribution in [0, 0.1) is 0 Å². The summed E-state index contributed by atoms with van der Waals surface area (Å²) in [6, 6.07) is 79.7. The molecule has 0 N–H and O–H groups in total. The van der Waals surface area contributed by atoms with Crippen molar-refractivity contribution in [3.8, 4) is 45.5 Å². The predicted octanol–water partition coefficient (Wildman–Crippen LogP) is 16.4. The molecule has 0 amide bonds. The van der Waals surface area contributed by atoms with Crippen LogP contribution >= 0.6 is 0 Å². The van der Waals surface area contributed by atoms with Crippen LogP contribution < -0.4 is 0 Å². The summed E-state index contributed by atoms with van der Waals surface area (Å²) < 4.78 is 11.5. The van der Waals surface area contributed by atoms with Gasteiger partial charge in [0, 0.05) is 60.8 Å². The SMILES string of the molecule is c1ccc(-n2c3ccccc3c3cccc(-c4nc(-c5cc6c(cc5-n5c7cc8ccccc8cc7c7c8ccccc8ccc75)oc5ccccc56)nc(-c5cccc6ccccc56)n4)c32)cc1. The van der Waals surface area contributed by atoms with Gasteiger partial charge in [0.2, 0.25) is 0 Å². The van der Waals surface area contributed by atoms with E-state index in [4.69, 9.17) is 19.4 Å². The zero-order chi connectivity index (χ0) is 45.2. The molecule has 320 valence electrons. The topological polar surface area (TPSA) is 61.7 Å². The fourth-order valence-electron chi connectivity index (χ4n) is 11.1. The second-order valence-corrected chi connectivity index (χ2v) is 17.9. The minimum absolute atomic E-state index is 0.557. The molecule has 15 rings (SSSR count). The Morgan fingerprint density at radius 2 is 0.899 bits per heavy atom. The van der Waals surface area contributed by atoms with Crippen LogP contribution in [0.15, 0.2) is 229 Å². The largest absolute Gasteiger partial charge is 0.456 e. The van der Waals surface area contributed by atoms with E-state index in [2.05, 4.69) is 221 Å². The van der Waals surface area contributed by atoms with Crippen LogP contribution in [-0.2, 0) is 0 Å². The Bertz CT molecular complexity index is 4610. The molecule has 69 heavy (non-hydrogen) atoms. The quantitative estimate of drug-likeness (QED) is 0.173. The first kappa shape index (κ1) is 37.8. The van der Waals surface area contributed by atoms with Gasteiger partial charge in [-0.05, 0) is 86.9 Å². The van der Waals surface area contributed by atoms with Gasteiger partial charge in [0.25, 0.3) is 0 Å². The molecule has 4 heterocycles. The van der Waals surface area contributed by atoms with E-state index in [1.807, 2.05) is 12.1 Å². The second kappa shape index (κ2) is 14.6. The van der Waals surface area contributed by atoms with Crippen molar-refractivity contribution in [2.24, 2.45) is 0 Å². The Hall–Kier alpha value is -9.39. The zero-order valence-corrected chi connectivity index (χ0v) is 37.0. The van der Waals surface area contributed by atoms with Gasteiger partial charge in [0.15, 0.2) is 17.5 Å². The van der Waals surface area contributed by atoms with Crippen LogP contribution in [-0.4, -0.2) is 24.1 Å². The summed E-state index contributed by atoms with van der Waals surface area (Å²) in [4.78, 5) is 16.7.